The smallest absolute Gasteiger partial charge is 0.223 e. The lowest BCUT2D eigenvalue weighted by molar-refractivity contribution is -0.136. The van der Waals surface area contributed by atoms with Gasteiger partial charge in [-0.1, -0.05) is 13.8 Å². The van der Waals surface area contributed by atoms with E-state index >= 15 is 0 Å². The maximum Gasteiger partial charge on any atom is 0.223 e. The van der Waals surface area contributed by atoms with Gasteiger partial charge in [0.05, 0.1) is 0 Å². The fourth-order valence-electron chi connectivity index (χ4n) is 2.74. The van der Waals surface area contributed by atoms with Gasteiger partial charge in [0.15, 0.2) is 0 Å². The van der Waals surface area contributed by atoms with E-state index in [2.05, 4.69) is 13.8 Å². The monoisotopic (exact) mass is 270 g/mol. The first kappa shape index (κ1) is 16.4. The summed E-state index contributed by atoms with van der Waals surface area (Å²) in [6.07, 6.45) is 5.72. The summed E-state index contributed by atoms with van der Waals surface area (Å²) in [5.74, 6) is 1.11. The Balaban J connectivity index is 2.49. The Kier molecular flexibility index (Phi) is 7.39. The van der Waals surface area contributed by atoms with Crippen LogP contribution < -0.4 is 5.73 Å². The average molecular weight is 270 g/mol. The van der Waals surface area contributed by atoms with Crippen LogP contribution in [0.5, 0.6) is 0 Å². The van der Waals surface area contributed by atoms with Gasteiger partial charge >= 0.3 is 0 Å². The maximum absolute atomic E-state index is 12.4. The summed E-state index contributed by atoms with van der Waals surface area (Å²) in [6, 6.07) is 0.413. The maximum atomic E-state index is 12.4. The SMILES string of the molecule is CC(C)CC(CN)CC(=O)N(CCCO)C1CCC1. The Labute approximate surface area is 117 Å². The molecule has 1 fully saturated rings. The zero-order valence-corrected chi connectivity index (χ0v) is 12.5. The normalized spacial score (nSPS) is 17.3. The van der Waals surface area contributed by atoms with Crippen LogP contribution in [0.15, 0.2) is 0 Å². The number of nitrogens with two attached hydrogens (primary N) is 1. The van der Waals surface area contributed by atoms with E-state index in [-0.39, 0.29) is 12.5 Å². The van der Waals surface area contributed by atoms with Crippen molar-refractivity contribution < 1.29 is 9.90 Å². The number of aliphatic hydroxyl groups excluding tert-OH is 1. The van der Waals surface area contributed by atoms with Crippen LogP contribution in [0.4, 0.5) is 0 Å². The van der Waals surface area contributed by atoms with Gasteiger partial charge in [-0.25, -0.2) is 0 Å². The minimum atomic E-state index is 0.156. The van der Waals surface area contributed by atoms with E-state index in [1.807, 2.05) is 4.90 Å². The fourth-order valence-corrected chi connectivity index (χ4v) is 2.74. The van der Waals surface area contributed by atoms with Crippen LogP contribution in [0, 0.1) is 11.8 Å². The van der Waals surface area contributed by atoms with Crippen molar-refractivity contribution in [3.8, 4) is 0 Å². The lowest BCUT2D eigenvalue weighted by Gasteiger charge is -2.38. The number of aliphatic hydroxyl groups is 1. The number of carbonyl (C=O) groups is 1. The van der Waals surface area contributed by atoms with Crippen molar-refractivity contribution in [3.05, 3.63) is 0 Å². The predicted octanol–water partition coefficient (Wildman–Crippen LogP) is 1.76. The molecule has 1 saturated carbocycles. The summed E-state index contributed by atoms with van der Waals surface area (Å²) >= 11 is 0. The third-order valence-corrected chi connectivity index (χ3v) is 3.99. The van der Waals surface area contributed by atoms with Gasteiger partial charge in [-0.15, -0.1) is 0 Å². The van der Waals surface area contributed by atoms with Crippen molar-refractivity contribution in [2.45, 2.75) is 58.4 Å². The van der Waals surface area contributed by atoms with Gasteiger partial charge in [-0.2, -0.15) is 0 Å². The number of nitrogens with zero attached hydrogens (tertiary/aromatic N) is 1. The Morgan fingerprint density at radius 3 is 2.53 bits per heavy atom. The van der Waals surface area contributed by atoms with Gasteiger partial charge in [0.25, 0.3) is 0 Å². The molecule has 0 saturated heterocycles. The van der Waals surface area contributed by atoms with Crippen LogP contribution in [0.1, 0.15) is 52.4 Å². The highest BCUT2D eigenvalue weighted by Gasteiger charge is 2.29. The molecule has 0 heterocycles. The minimum Gasteiger partial charge on any atom is -0.396 e. The number of rotatable bonds is 9. The zero-order valence-electron chi connectivity index (χ0n) is 12.5. The summed E-state index contributed by atoms with van der Waals surface area (Å²) in [5.41, 5.74) is 5.78. The summed E-state index contributed by atoms with van der Waals surface area (Å²) in [5, 5.41) is 8.96. The standard InChI is InChI=1S/C15H30N2O2/c1-12(2)9-13(11-16)10-15(19)17(7-4-8-18)14-5-3-6-14/h12-14,18H,3-11,16H2,1-2H3. The zero-order chi connectivity index (χ0) is 14.3. The number of hydrogen-bond acceptors (Lipinski definition) is 3. The van der Waals surface area contributed by atoms with Crippen LogP contribution in [-0.4, -0.2) is 41.7 Å². The lowest BCUT2D eigenvalue weighted by atomic mass is 9.89. The average Bonchev–Trinajstić information content (AvgIpc) is 2.30. The lowest BCUT2D eigenvalue weighted by Crippen LogP contribution is -2.45. The molecule has 1 aliphatic carbocycles. The van der Waals surface area contributed by atoms with Crippen LogP contribution in [-0.2, 0) is 4.79 Å². The van der Waals surface area contributed by atoms with Crippen molar-refractivity contribution in [1.82, 2.24) is 4.90 Å². The molecule has 112 valence electrons. The minimum absolute atomic E-state index is 0.156. The van der Waals surface area contributed by atoms with Gasteiger partial charge in [0, 0.05) is 25.6 Å². The predicted molar refractivity (Wildman–Crippen MR) is 77.7 cm³/mol. The molecule has 0 aromatic carbocycles. The van der Waals surface area contributed by atoms with Gasteiger partial charge < -0.3 is 15.7 Å². The van der Waals surface area contributed by atoms with E-state index in [9.17, 15) is 4.79 Å². The van der Waals surface area contributed by atoms with Crippen LogP contribution in [0.25, 0.3) is 0 Å². The van der Waals surface area contributed by atoms with E-state index in [4.69, 9.17) is 10.8 Å². The molecule has 0 bridgehead atoms. The first-order valence-corrected chi connectivity index (χ1v) is 7.68. The molecule has 0 radical (unpaired) electrons. The molecule has 1 aliphatic rings. The molecular weight excluding hydrogens is 240 g/mol. The topological polar surface area (TPSA) is 66.6 Å². The number of carbonyl (C=O) groups excluding carboxylic acids is 1. The molecule has 1 amide bonds. The molecule has 4 nitrogen and oxygen atoms in total. The van der Waals surface area contributed by atoms with Gasteiger partial charge in [0.1, 0.15) is 0 Å². The van der Waals surface area contributed by atoms with Crippen molar-refractivity contribution in [2.24, 2.45) is 17.6 Å². The second-order valence-electron chi connectivity index (χ2n) is 6.18. The molecule has 0 aromatic heterocycles. The van der Waals surface area contributed by atoms with E-state index < -0.39 is 0 Å². The molecule has 19 heavy (non-hydrogen) atoms. The van der Waals surface area contributed by atoms with E-state index in [0.717, 1.165) is 19.3 Å². The summed E-state index contributed by atoms with van der Waals surface area (Å²) in [6.45, 7) is 5.77. The molecule has 1 unspecified atom stereocenters. The van der Waals surface area contributed by atoms with Crippen LogP contribution >= 0.6 is 0 Å². The highest BCUT2D eigenvalue weighted by atomic mass is 16.3. The number of hydrogen-bond donors (Lipinski definition) is 2. The third kappa shape index (κ3) is 5.49. The molecule has 1 rings (SSSR count). The Morgan fingerprint density at radius 1 is 1.42 bits per heavy atom. The first-order chi connectivity index (χ1) is 9.08. The van der Waals surface area contributed by atoms with Crippen molar-refractivity contribution in [1.29, 1.82) is 0 Å². The number of amides is 1. The second-order valence-corrected chi connectivity index (χ2v) is 6.18. The molecule has 0 aliphatic heterocycles. The Morgan fingerprint density at radius 2 is 2.11 bits per heavy atom. The molecule has 0 aromatic rings. The van der Waals surface area contributed by atoms with Crippen LogP contribution in [0.2, 0.25) is 0 Å². The molecule has 4 heteroatoms. The van der Waals surface area contributed by atoms with Crippen molar-refractivity contribution in [2.75, 3.05) is 19.7 Å². The van der Waals surface area contributed by atoms with Gasteiger partial charge in [-0.05, 0) is 50.5 Å². The molecule has 0 spiro atoms. The summed E-state index contributed by atoms with van der Waals surface area (Å²) in [4.78, 5) is 14.4. The second kappa shape index (κ2) is 8.54. The third-order valence-electron chi connectivity index (χ3n) is 3.99. The highest BCUT2D eigenvalue weighted by Crippen LogP contribution is 2.26. The van der Waals surface area contributed by atoms with Crippen molar-refractivity contribution >= 4 is 5.91 Å². The van der Waals surface area contributed by atoms with E-state index in [0.29, 0.717) is 43.8 Å². The molecule has 3 N–H and O–H groups in total. The summed E-state index contributed by atoms with van der Waals surface area (Å²) < 4.78 is 0. The fraction of sp³-hybridized carbons (Fsp3) is 0.933. The van der Waals surface area contributed by atoms with E-state index in [1.165, 1.54) is 6.42 Å². The van der Waals surface area contributed by atoms with Crippen LogP contribution in [0.3, 0.4) is 0 Å². The van der Waals surface area contributed by atoms with Gasteiger partial charge in [0.2, 0.25) is 5.91 Å². The van der Waals surface area contributed by atoms with Gasteiger partial charge in [-0.3, -0.25) is 4.79 Å². The largest absolute Gasteiger partial charge is 0.396 e. The highest BCUT2D eigenvalue weighted by molar-refractivity contribution is 5.77. The quantitative estimate of drug-likeness (QED) is 0.671. The Hall–Kier alpha value is -0.610. The molecular formula is C15H30N2O2. The first-order valence-electron chi connectivity index (χ1n) is 7.68. The summed E-state index contributed by atoms with van der Waals surface area (Å²) in [7, 11) is 0. The van der Waals surface area contributed by atoms with Crippen molar-refractivity contribution in [3.63, 3.8) is 0 Å². The Bertz CT molecular complexity index is 265. The van der Waals surface area contributed by atoms with E-state index in [1.54, 1.807) is 0 Å². The molecule has 1 atom stereocenters.